The molecule has 6 aromatic rings. The van der Waals surface area contributed by atoms with Crippen molar-refractivity contribution in [3.63, 3.8) is 0 Å². The van der Waals surface area contributed by atoms with Crippen molar-refractivity contribution in [1.82, 2.24) is 4.57 Å². The standard InChI is InChI=1S/C28H19NO4S/c30-24(31)7-3-4-16-8-10-17(11-9-16)29-27(32)20-13-12-19-18-5-1-2-6-22(18)34-23-15-14-21(28(29)33)25(20)26(19)23/h1-2,5-6,8-15H,3-4,7H2,(H,30,31). The second-order valence-corrected chi connectivity index (χ2v) is 9.56. The number of nitrogens with zero attached hydrogens (tertiary/aromatic N) is 1. The fourth-order valence-electron chi connectivity index (χ4n) is 4.85. The molecule has 0 bridgehead atoms. The highest BCUT2D eigenvalue weighted by Crippen LogP contribution is 2.39. The first-order valence-corrected chi connectivity index (χ1v) is 11.9. The number of carboxylic acid groups (broad SMARTS) is 1. The predicted molar refractivity (Wildman–Crippen MR) is 138 cm³/mol. The average molecular weight is 466 g/mol. The molecule has 2 heterocycles. The van der Waals surface area contributed by atoms with Gasteiger partial charge in [0, 0.05) is 37.4 Å². The van der Waals surface area contributed by atoms with Crippen LogP contribution in [0.2, 0.25) is 0 Å². The van der Waals surface area contributed by atoms with Crippen molar-refractivity contribution in [3.05, 3.63) is 99.1 Å². The van der Waals surface area contributed by atoms with Crippen molar-refractivity contribution in [3.8, 4) is 5.69 Å². The first-order chi connectivity index (χ1) is 16.5. The normalized spacial score (nSPS) is 11.8. The molecule has 2 aromatic heterocycles. The number of aliphatic carboxylic acids is 1. The summed E-state index contributed by atoms with van der Waals surface area (Å²) >= 11 is 1.66. The Labute approximate surface area is 197 Å². The van der Waals surface area contributed by atoms with Crippen molar-refractivity contribution in [2.75, 3.05) is 0 Å². The highest BCUT2D eigenvalue weighted by Gasteiger charge is 2.18. The Balaban J connectivity index is 1.56. The van der Waals surface area contributed by atoms with E-state index in [0.29, 0.717) is 29.3 Å². The molecular weight excluding hydrogens is 446 g/mol. The van der Waals surface area contributed by atoms with Crippen molar-refractivity contribution < 1.29 is 9.90 Å². The largest absolute Gasteiger partial charge is 0.481 e. The highest BCUT2D eigenvalue weighted by molar-refractivity contribution is 7.25. The molecule has 34 heavy (non-hydrogen) atoms. The molecule has 0 fully saturated rings. The van der Waals surface area contributed by atoms with Crippen LogP contribution in [0.25, 0.3) is 47.4 Å². The summed E-state index contributed by atoms with van der Waals surface area (Å²) in [7, 11) is 0. The molecule has 0 spiro atoms. The first-order valence-electron chi connectivity index (χ1n) is 11.1. The second-order valence-electron chi connectivity index (χ2n) is 8.48. The van der Waals surface area contributed by atoms with Gasteiger partial charge in [0.1, 0.15) is 0 Å². The van der Waals surface area contributed by atoms with Gasteiger partial charge < -0.3 is 5.11 Å². The van der Waals surface area contributed by atoms with Crippen molar-refractivity contribution in [1.29, 1.82) is 0 Å². The Bertz CT molecular complexity index is 1820. The number of rotatable bonds is 5. The molecular formula is C28H19NO4S. The first kappa shape index (κ1) is 20.6. The minimum atomic E-state index is -0.818. The average Bonchev–Trinajstić information content (AvgIpc) is 2.84. The van der Waals surface area contributed by atoms with Gasteiger partial charge in [0.2, 0.25) is 0 Å². The van der Waals surface area contributed by atoms with Crippen LogP contribution in [0.4, 0.5) is 0 Å². The molecule has 166 valence electrons. The number of aromatic nitrogens is 1. The Kier molecular flexibility index (Phi) is 4.71. The lowest BCUT2D eigenvalue weighted by molar-refractivity contribution is -0.137. The van der Waals surface area contributed by atoms with E-state index in [0.717, 1.165) is 36.5 Å². The van der Waals surface area contributed by atoms with Gasteiger partial charge in [0.25, 0.3) is 11.1 Å². The van der Waals surface area contributed by atoms with E-state index in [1.54, 1.807) is 23.5 Å². The Morgan fingerprint density at radius 1 is 0.735 bits per heavy atom. The van der Waals surface area contributed by atoms with Gasteiger partial charge in [-0.2, -0.15) is 0 Å². The van der Waals surface area contributed by atoms with E-state index in [2.05, 4.69) is 12.1 Å². The molecule has 1 N–H and O–H groups in total. The lowest BCUT2D eigenvalue weighted by Crippen LogP contribution is -2.31. The van der Waals surface area contributed by atoms with Gasteiger partial charge in [-0.1, -0.05) is 36.4 Å². The van der Waals surface area contributed by atoms with E-state index < -0.39 is 5.97 Å². The van der Waals surface area contributed by atoms with Gasteiger partial charge in [0.15, 0.2) is 0 Å². The SMILES string of the molecule is O=C(O)CCCc1ccc(-n2c(=O)c3ccc4sc5ccccc5c5ccc(c2=O)c3c45)cc1. The number of benzene rings is 4. The molecule has 0 radical (unpaired) electrons. The minimum absolute atomic E-state index is 0.109. The fourth-order valence-corrected chi connectivity index (χ4v) is 5.97. The summed E-state index contributed by atoms with van der Waals surface area (Å²) in [4.78, 5) is 37.9. The van der Waals surface area contributed by atoms with Crippen molar-refractivity contribution in [2.24, 2.45) is 0 Å². The molecule has 6 rings (SSSR count). The topological polar surface area (TPSA) is 76.4 Å². The van der Waals surface area contributed by atoms with Gasteiger partial charge in [-0.25, -0.2) is 4.57 Å². The maximum absolute atomic E-state index is 13.6. The van der Waals surface area contributed by atoms with Crippen LogP contribution in [0.15, 0.2) is 82.4 Å². The lowest BCUT2D eigenvalue weighted by Gasteiger charge is -2.14. The van der Waals surface area contributed by atoms with E-state index in [4.69, 9.17) is 5.11 Å². The number of hydrogen-bond acceptors (Lipinski definition) is 4. The Morgan fingerprint density at radius 2 is 1.41 bits per heavy atom. The zero-order chi connectivity index (χ0) is 23.4. The van der Waals surface area contributed by atoms with Crippen LogP contribution in [0.5, 0.6) is 0 Å². The van der Waals surface area contributed by atoms with Gasteiger partial charge in [-0.05, 0) is 65.6 Å². The minimum Gasteiger partial charge on any atom is -0.481 e. The molecule has 0 atom stereocenters. The zero-order valence-corrected chi connectivity index (χ0v) is 18.9. The number of aryl methyl sites for hydroxylation is 1. The van der Waals surface area contributed by atoms with Crippen LogP contribution in [0.3, 0.4) is 0 Å². The third-order valence-corrected chi connectivity index (χ3v) is 7.57. The molecule has 0 aliphatic heterocycles. The molecule has 0 amide bonds. The summed E-state index contributed by atoms with van der Waals surface area (Å²) in [6, 6.07) is 23.0. The molecule has 0 saturated heterocycles. The molecule has 0 unspecified atom stereocenters. The summed E-state index contributed by atoms with van der Waals surface area (Å²) in [6.45, 7) is 0. The second kappa shape index (κ2) is 7.78. The molecule has 0 aliphatic rings. The summed E-state index contributed by atoms with van der Waals surface area (Å²) < 4.78 is 3.45. The molecule has 5 nitrogen and oxygen atoms in total. The Morgan fingerprint density at radius 3 is 2.15 bits per heavy atom. The quantitative estimate of drug-likeness (QED) is 0.261. The van der Waals surface area contributed by atoms with Gasteiger partial charge in [0.05, 0.1) is 5.69 Å². The number of pyridine rings is 1. The van der Waals surface area contributed by atoms with Gasteiger partial charge >= 0.3 is 5.97 Å². The van der Waals surface area contributed by atoms with Crippen LogP contribution in [-0.4, -0.2) is 15.6 Å². The smallest absolute Gasteiger partial charge is 0.303 e. The fraction of sp³-hybridized carbons (Fsp3) is 0.107. The molecule has 0 aliphatic carbocycles. The van der Waals surface area contributed by atoms with E-state index in [-0.39, 0.29) is 17.5 Å². The van der Waals surface area contributed by atoms with Gasteiger partial charge in [-0.3, -0.25) is 14.4 Å². The van der Waals surface area contributed by atoms with Crippen molar-refractivity contribution >= 4 is 59.0 Å². The van der Waals surface area contributed by atoms with Crippen molar-refractivity contribution in [2.45, 2.75) is 19.3 Å². The third-order valence-electron chi connectivity index (χ3n) is 6.44. The zero-order valence-electron chi connectivity index (χ0n) is 18.1. The number of hydrogen-bond donors (Lipinski definition) is 1. The van der Waals surface area contributed by atoms with E-state index in [1.807, 2.05) is 48.5 Å². The van der Waals surface area contributed by atoms with E-state index >= 15 is 0 Å². The maximum Gasteiger partial charge on any atom is 0.303 e. The van der Waals surface area contributed by atoms with Crippen LogP contribution in [0, 0.1) is 0 Å². The Hall–Kier alpha value is -4.03. The monoisotopic (exact) mass is 465 g/mol. The lowest BCUT2D eigenvalue weighted by atomic mass is 9.97. The van der Waals surface area contributed by atoms with Crippen LogP contribution >= 0.6 is 11.3 Å². The maximum atomic E-state index is 13.6. The highest BCUT2D eigenvalue weighted by atomic mass is 32.1. The molecule has 0 saturated carbocycles. The number of carbonyl (C=O) groups is 1. The summed E-state index contributed by atoms with van der Waals surface area (Å²) in [5.41, 5.74) is 0.819. The predicted octanol–water partition coefficient (Wildman–Crippen LogP) is 5.72. The van der Waals surface area contributed by atoms with Crippen LogP contribution in [-0.2, 0) is 11.2 Å². The van der Waals surface area contributed by atoms with Gasteiger partial charge in [-0.15, -0.1) is 11.3 Å². The summed E-state index contributed by atoms with van der Waals surface area (Å²) in [5.74, 6) is -0.818. The molecule has 6 heteroatoms. The van der Waals surface area contributed by atoms with E-state index in [1.165, 1.54) is 4.57 Å². The summed E-state index contributed by atoms with van der Waals surface area (Å²) in [5, 5.41) is 13.7. The third kappa shape index (κ3) is 3.10. The van der Waals surface area contributed by atoms with Crippen LogP contribution < -0.4 is 11.1 Å². The summed E-state index contributed by atoms with van der Waals surface area (Å²) in [6.07, 6.45) is 1.27. The van der Waals surface area contributed by atoms with Crippen LogP contribution in [0.1, 0.15) is 18.4 Å². The number of carboxylic acids is 1. The number of fused-ring (bicyclic) bond motifs is 2. The van der Waals surface area contributed by atoms with E-state index in [9.17, 15) is 14.4 Å². The molecule has 4 aromatic carbocycles.